The maximum atomic E-state index is 7.39. The molecule has 0 atom stereocenters. The lowest BCUT2D eigenvalue weighted by Gasteiger charge is -2.07. The number of hydrogen-bond donors (Lipinski definition) is 2. The maximum absolute atomic E-state index is 7.39. The molecule has 21 heavy (non-hydrogen) atoms. The summed E-state index contributed by atoms with van der Waals surface area (Å²) in [5.41, 5.74) is 8.44. The van der Waals surface area contributed by atoms with Crippen LogP contribution < -0.4 is 10.5 Å². The molecule has 0 aliphatic heterocycles. The number of hydrogen-bond acceptors (Lipinski definition) is 2. The number of nitrogens with one attached hydrogen (secondary N) is 1. The highest BCUT2D eigenvalue weighted by atomic mass is 16.5. The lowest BCUT2D eigenvalue weighted by atomic mass is 10.0. The Balaban J connectivity index is 1.99. The highest BCUT2D eigenvalue weighted by molar-refractivity contribution is 5.95. The zero-order chi connectivity index (χ0) is 15.1. The molecule has 0 unspecified atom stereocenters. The van der Waals surface area contributed by atoms with Gasteiger partial charge in [0.25, 0.3) is 0 Å². The van der Waals surface area contributed by atoms with Crippen molar-refractivity contribution >= 4 is 5.84 Å². The summed E-state index contributed by atoms with van der Waals surface area (Å²) in [4.78, 5) is 0. The number of rotatable bonds is 7. The minimum absolute atomic E-state index is 0.0948. The molecule has 110 valence electrons. The minimum atomic E-state index is 0.0948. The van der Waals surface area contributed by atoms with Gasteiger partial charge in [-0.2, -0.15) is 0 Å². The number of benzene rings is 2. The number of nitrogen functional groups attached to an aromatic ring is 1. The first-order chi connectivity index (χ1) is 10.2. The Morgan fingerprint density at radius 1 is 0.952 bits per heavy atom. The van der Waals surface area contributed by atoms with E-state index in [1.54, 1.807) is 0 Å². The normalized spacial score (nSPS) is 10.3. The van der Waals surface area contributed by atoms with Crippen LogP contribution in [0.3, 0.4) is 0 Å². The van der Waals surface area contributed by atoms with Gasteiger partial charge in [-0.15, -0.1) is 0 Å². The average molecular weight is 282 g/mol. The van der Waals surface area contributed by atoms with Gasteiger partial charge in [0.15, 0.2) is 0 Å². The van der Waals surface area contributed by atoms with Crippen LogP contribution in [0.4, 0.5) is 0 Å². The van der Waals surface area contributed by atoms with Crippen LogP contribution in [0.15, 0.2) is 48.5 Å². The quantitative estimate of drug-likeness (QED) is 0.454. The molecule has 0 saturated carbocycles. The molecule has 0 aromatic heterocycles. The predicted octanol–water partition coefficient (Wildman–Crippen LogP) is 4.21. The van der Waals surface area contributed by atoms with Crippen LogP contribution in [-0.4, -0.2) is 12.4 Å². The topological polar surface area (TPSA) is 59.1 Å². The van der Waals surface area contributed by atoms with E-state index in [1.807, 2.05) is 36.4 Å². The van der Waals surface area contributed by atoms with E-state index in [9.17, 15) is 0 Å². The summed E-state index contributed by atoms with van der Waals surface area (Å²) in [5, 5.41) is 7.39. The van der Waals surface area contributed by atoms with Crippen LogP contribution in [0.2, 0.25) is 0 Å². The summed E-state index contributed by atoms with van der Waals surface area (Å²) in [7, 11) is 0. The summed E-state index contributed by atoms with van der Waals surface area (Å²) in [6, 6.07) is 15.8. The second kappa shape index (κ2) is 7.48. The van der Waals surface area contributed by atoms with E-state index < -0.39 is 0 Å². The zero-order valence-electron chi connectivity index (χ0n) is 12.4. The first-order valence-corrected chi connectivity index (χ1v) is 7.38. The van der Waals surface area contributed by atoms with E-state index in [-0.39, 0.29) is 5.84 Å². The lowest BCUT2D eigenvalue weighted by Crippen LogP contribution is -2.10. The molecule has 0 heterocycles. The smallest absolute Gasteiger partial charge is 0.122 e. The van der Waals surface area contributed by atoms with Crippen molar-refractivity contribution in [2.24, 2.45) is 5.73 Å². The van der Waals surface area contributed by atoms with E-state index in [4.69, 9.17) is 15.9 Å². The average Bonchev–Trinajstić information content (AvgIpc) is 2.52. The minimum Gasteiger partial charge on any atom is -0.494 e. The molecule has 0 spiro atoms. The number of amidine groups is 1. The molecule has 0 saturated heterocycles. The molecule has 0 bridgehead atoms. The van der Waals surface area contributed by atoms with Gasteiger partial charge in [-0.05, 0) is 29.7 Å². The number of unbranched alkanes of at least 4 members (excludes halogenated alkanes) is 2. The van der Waals surface area contributed by atoms with Crippen molar-refractivity contribution in [1.82, 2.24) is 0 Å². The fourth-order valence-electron chi connectivity index (χ4n) is 2.13. The van der Waals surface area contributed by atoms with Gasteiger partial charge in [-0.3, -0.25) is 5.41 Å². The van der Waals surface area contributed by atoms with Crippen molar-refractivity contribution in [3.05, 3.63) is 54.1 Å². The summed E-state index contributed by atoms with van der Waals surface area (Å²) < 4.78 is 5.70. The van der Waals surface area contributed by atoms with Gasteiger partial charge in [0.05, 0.1) is 6.61 Å². The van der Waals surface area contributed by atoms with E-state index in [0.29, 0.717) is 0 Å². The summed E-state index contributed by atoms with van der Waals surface area (Å²) in [6.07, 6.45) is 3.52. The van der Waals surface area contributed by atoms with Gasteiger partial charge in [0.1, 0.15) is 11.6 Å². The Bertz CT molecular complexity index is 573. The van der Waals surface area contributed by atoms with Crippen LogP contribution in [0.1, 0.15) is 31.7 Å². The maximum Gasteiger partial charge on any atom is 0.122 e. The first kappa shape index (κ1) is 15.1. The van der Waals surface area contributed by atoms with E-state index >= 15 is 0 Å². The van der Waals surface area contributed by atoms with E-state index in [0.717, 1.165) is 35.5 Å². The summed E-state index contributed by atoms with van der Waals surface area (Å²) in [5.74, 6) is 1.01. The molecule has 2 rings (SSSR count). The van der Waals surface area contributed by atoms with Gasteiger partial charge < -0.3 is 10.5 Å². The van der Waals surface area contributed by atoms with E-state index in [1.165, 1.54) is 12.8 Å². The third-order valence-electron chi connectivity index (χ3n) is 3.40. The molecule has 3 nitrogen and oxygen atoms in total. The van der Waals surface area contributed by atoms with Crippen molar-refractivity contribution < 1.29 is 4.74 Å². The largest absolute Gasteiger partial charge is 0.494 e. The molecule has 0 fully saturated rings. The van der Waals surface area contributed by atoms with Gasteiger partial charge in [-0.1, -0.05) is 56.2 Å². The molecule has 3 heteroatoms. The SMILES string of the molecule is CCCCCOc1ccc(-c2ccc(C(=N)N)cc2)cc1. The molecule has 0 aliphatic carbocycles. The highest BCUT2D eigenvalue weighted by Gasteiger charge is 2.01. The van der Waals surface area contributed by atoms with Gasteiger partial charge in [-0.25, -0.2) is 0 Å². The molecule has 0 amide bonds. The van der Waals surface area contributed by atoms with Crippen molar-refractivity contribution in [1.29, 1.82) is 5.41 Å². The van der Waals surface area contributed by atoms with Gasteiger partial charge in [0, 0.05) is 5.56 Å². The van der Waals surface area contributed by atoms with Crippen LogP contribution in [0.25, 0.3) is 11.1 Å². The van der Waals surface area contributed by atoms with Crippen molar-refractivity contribution in [3.8, 4) is 16.9 Å². The standard InChI is InChI=1S/C18H22N2O/c1-2-3-4-13-21-17-11-9-15(10-12-17)14-5-7-16(8-6-14)18(19)20/h5-12H,2-4,13H2,1H3,(H3,19,20). The zero-order valence-corrected chi connectivity index (χ0v) is 12.4. The molecular formula is C18H22N2O. The van der Waals surface area contributed by atoms with Crippen LogP contribution >= 0.6 is 0 Å². The van der Waals surface area contributed by atoms with Crippen molar-refractivity contribution in [2.45, 2.75) is 26.2 Å². The highest BCUT2D eigenvalue weighted by Crippen LogP contribution is 2.23. The lowest BCUT2D eigenvalue weighted by molar-refractivity contribution is 0.306. The predicted molar refractivity (Wildman–Crippen MR) is 87.9 cm³/mol. The summed E-state index contributed by atoms with van der Waals surface area (Å²) in [6.45, 7) is 2.96. The Kier molecular flexibility index (Phi) is 5.38. The number of nitrogens with two attached hydrogens (primary N) is 1. The second-order valence-electron chi connectivity index (χ2n) is 5.07. The van der Waals surface area contributed by atoms with Gasteiger partial charge in [0.2, 0.25) is 0 Å². The fraction of sp³-hybridized carbons (Fsp3) is 0.278. The molecule has 0 aliphatic rings. The van der Waals surface area contributed by atoms with Crippen LogP contribution in [-0.2, 0) is 0 Å². The monoisotopic (exact) mass is 282 g/mol. The molecule has 2 aromatic carbocycles. The Morgan fingerprint density at radius 3 is 2.05 bits per heavy atom. The first-order valence-electron chi connectivity index (χ1n) is 7.38. The van der Waals surface area contributed by atoms with Gasteiger partial charge >= 0.3 is 0 Å². The molecule has 3 N–H and O–H groups in total. The van der Waals surface area contributed by atoms with Crippen LogP contribution in [0, 0.1) is 5.41 Å². The Labute approximate surface area is 126 Å². The second-order valence-corrected chi connectivity index (χ2v) is 5.07. The Hall–Kier alpha value is -2.29. The summed E-state index contributed by atoms with van der Waals surface area (Å²) >= 11 is 0. The third-order valence-corrected chi connectivity index (χ3v) is 3.40. The molecular weight excluding hydrogens is 260 g/mol. The Morgan fingerprint density at radius 2 is 1.52 bits per heavy atom. The van der Waals surface area contributed by atoms with Crippen LogP contribution in [0.5, 0.6) is 5.75 Å². The fourth-order valence-corrected chi connectivity index (χ4v) is 2.13. The van der Waals surface area contributed by atoms with Crippen molar-refractivity contribution in [2.75, 3.05) is 6.61 Å². The third kappa shape index (κ3) is 4.35. The van der Waals surface area contributed by atoms with Crippen molar-refractivity contribution in [3.63, 3.8) is 0 Å². The molecule has 2 aromatic rings. The number of ether oxygens (including phenoxy) is 1. The molecule has 0 radical (unpaired) electrons. The van der Waals surface area contributed by atoms with E-state index in [2.05, 4.69) is 19.1 Å².